The molecule has 0 atom stereocenters. The quantitative estimate of drug-likeness (QED) is 0.656. The molecule has 1 aliphatic heterocycles. The molecule has 0 unspecified atom stereocenters. The Bertz CT molecular complexity index is 247. The number of rotatable bonds is 4. The Morgan fingerprint density at radius 1 is 1.38 bits per heavy atom. The number of allylic oxidation sites excluding steroid dienone is 2. The highest BCUT2D eigenvalue weighted by Crippen LogP contribution is 2.32. The fourth-order valence-electron chi connectivity index (χ4n) is 1.54. The fourth-order valence-corrected chi connectivity index (χ4v) is 1.54. The van der Waals surface area contributed by atoms with Gasteiger partial charge < -0.3 is 9.80 Å². The van der Waals surface area contributed by atoms with Gasteiger partial charge in [-0.3, -0.25) is 0 Å². The summed E-state index contributed by atoms with van der Waals surface area (Å²) < 4.78 is 0. The van der Waals surface area contributed by atoms with E-state index in [0.717, 1.165) is 13.0 Å². The van der Waals surface area contributed by atoms with Gasteiger partial charge in [0.1, 0.15) is 5.82 Å². The van der Waals surface area contributed by atoms with Gasteiger partial charge in [-0.25, -0.2) is 0 Å². The van der Waals surface area contributed by atoms with Crippen molar-refractivity contribution in [1.29, 1.82) is 0 Å². The second-order valence-electron chi connectivity index (χ2n) is 3.68. The van der Waals surface area contributed by atoms with Crippen LogP contribution in [0.4, 0.5) is 0 Å². The monoisotopic (exact) mass is 180 g/mol. The SMILES string of the molecule is CCC1=CN1C(=C(C)C)N(C)CC. The zero-order valence-corrected chi connectivity index (χ0v) is 9.39. The zero-order valence-electron chi connectivity index (χ0n) is 9.39. The Hall–Kier alpha value is -0.920. The minimum Gasteiger partial charge on any atom is -0.361 e. The predicted molar refractivity (Wildman–Crippen MR) is 56.9 cm³/mol. The Kier molecular flexibility index (Phi) is 3.02. The van der Waals surface area contributed by atoms with Crippen LogP contribution in [0, 0.1) is 0 Å². The first-order valence-corrected chi connectivity index (χ1v) is 5.00. The molecule has 0 radical (unpaired) electrons. The summed E-state index contributed by atoms with van der Waals surface area (Å²) in [6.07, 6.45) is 3.35. The van der Waals surface area contributed by atoms with E-state index in [1.807, 2.05) is 0 Å². The molecular weight excluding hydrogens is 160 g/mol. The van der Waals surface area contributed by atoms with E-state index in [-0.39, 0.29) is 0 Å². The van der Waals surface area contributed by atoms with Crippen LogP contribution in [0.5, 0.6) is 0 Å². The molecule has 0 aromatic rings. The van der Waals surface area contributed by atoms with Crippen molar-refractivity contribution in [2.24, 2.45) is 0 Å². The maximum absolute atomic E-state index is 2.29. The van der Waals surface area contributed by atoms with E-state index in [1.54, 1.807) is 0 Å². The van der Waals surface area contributed by atoms with Crippen molar-refractivity contribution < 1.29 is 0 Å². The minimum atomic E-state index is 1.06. The average molecular weight is 180 g/mol. The summed E-state index contributed by atoms with van der Waals surface area (Å²) in [6, 6.07) is 0. The van der Waals surface area contributed by atoms with Crippen LogP contribution in [-0.4, -0.2) is 23.4 Å². The molecule has 0 amide bonds. The summed E-state index contributed by atoms with van der Waals surface area (Å²) in [6.45, 7) is 9.77. The first kappa shape index (κ1) is 10.2. The van der Waals surface area contributed by atoms with Crippen molar-refractivity contribution in [2.75, 3.05) is 13.6 Å². The summed E-state index contributed by atoms with van der Waals surface area (Å²) >= 11 is 0. The van der Waals surface area contributed by atoms with E-state index in [4.69, 9.17) is 0 Å². The molecule has 2 heteroatoms. The smallest absolute Gasteiger partial charge is 0.111 e. The molecule has 0 spiro atoms. The van der Waals surface area contributed by atoms with Crippen molar-refractivity contribution in [2.45, 2.75) is 34.1 Å². The first-order chi connectivity index (χ1) is 6.11. The molecule has 2 nitrogen and oxygen atoms in total. The Balaban J connectivity index is 2.68. The van der Waals surface area contributed by atoms with Crippen molar-refractivity contribution in [3.8, 4) is 0 Å². The van der Waals surface area contributed by atoms with Crippen molar-refractivity contribution >= 4 is 0 Å². The molecule has 0 fully saturated rings. The Labute approximate surface area is 81.5 Å². The summed E-state index contributed by atoms with van der Waals surface area (Å²) in [7, 11) is 2.14. The van der Waals surface area contributed by atoms with Gasteiger partial charge in [-0.2, -0.15) is 0 Å². The second-order valence-corrected chi connectivity index (χ2v) is 3.68. The van der Waals surface area contributed by atoms with Gasteiger partial charge in [-0.15, -0.1) is 0 Å². The van der Waals surface area contributed by atoms with Crippen LogP contribution < -0.4 is 0 Å². The zero-order chi connectivity index (χ0) is 10.0. The maximum Gasteiger partial charge on any atom is 0.111 e. The largest absolute Gasteiger partial charge is 0.361 e. The van der Waals surface area contributed by atoms with Crippen LogP contribution in [0.2, 0.25) is 0 Å². The first-order valence-electron chi connectivity index (χ1n) is 5.00. The lowest BCUT2D eigenvalue weighted by Crippen LogP contribution is -2.24. The highest BCUT2D eigenvalue weighted by molar-refractivity contribution is 5.30. The van der Waals surface area contributed by atoms with Gasteiger partial charge >= 0.3 is 0 Å². The van der Waals surface area contributed by atoms with Crippen LogP contribution in [0.1, 0.15) is 34.1 Å². The van der Waals surface area contributed by atoms with Crippen LogP contribution >= 0.6 is 0 Å². The van der Waals surface area contributed by atoms with E-state index in [1.165, 1.54) is 17.1 Å². The molecular formula is C11H20N2. The second kappa shape index (κ2) is 3.86. The molecule has 1 rings (SSSR count). The number of hydrogen-bond donors (Lipinski definition) is 0. The molecule has 0 bridgehead atoms. The highest BCUT2D eigenvalue weighted by Gasteiger charge is 2.25. The molecule has 13 heavy (non-hydrogen) atoms. The molecule has 0 saturated heterocycles. The third kappa shape index (κ3) is 2.06. The molecule has 1 heterocycles. The summed E-state index contributed by atoms with van der Waals surface area (Å²) in [5, 5.41) is 0. The highest BCUT2D eigenvalue weighted by atomic mass is 15.4. The predicted octanol–water partition coefficient (Wildman–Crippen LogP) is 2.76. The third-order valence-electron chi connectivity index (χ3n) is 2.39. The van der Waals surface area contributed by atoms with Crippen LogP contribution in [0.3, 0.4) is 0 Å². The van der Waals surface area contributed by atoms with Crippen molar-refractivity contribution in [1.82, 2.24) is 9.80 Å². The Morgan fingerprint density at radius 3 is 2.31 bits per heavy atom. The van der Waals surface area contributed by atoms with E-state index in [0.29, 0.717) is 0 Å². The lowest BCUT2D eigenvalue weighted by atomic mass is 10.3. The number of hydrogen-bond acceptors (Lipinski definition) is 2. The maximum atomic E-state index is 2.29. The minimum absolute atomic E-state index is 1.06. The summed E-state index contributed by atoms with van der Waals surface area (Å²) in [5.41, 5.74) is 2.82. The lowest BCUT2D eigenvalue weighted by molar-refractivity contribution is 0.359. The van der Waals surface area contributed by atoms with Crippen molar-refractivity contribution in [3.05, 3.63) is 23.3 Å². The Morgan fingerprint density at radius 2 is 2.00 bits per heavy atom. The van der Waals surface area contributed by atoms with Gasteiger partial charge in [-0.05, 0) is 32.8 Å². The van der Waals surface area contributed by atoms with Gasteiger partial charge in [0.2, 0.25) is 0 Å². The molecule has 0 aliphatic carbocycles. The van der Waals surface area contributed by atoms with E-state index >= 15 is 0 Å². The molecule has 0 saturated carbocycles. The van der Waals surface area contributed by atoms with Crippen LogP contribution in [-0.2, 0) is 0 Å². The van der Waals surface area contributed by atoms with Crippen molar-refractivity contribution in [3.63, 3.8) is 0 Å². The lowest BCUT2D eigenvalue weighted by Gasteiger charge is -2.24. The number of nitrogens with zero attached hydrogens (tertiary/aromatic N) is 2. The van der Waals surface area contributed by atoms with Crippen LogP contribution in [0.15, 0.2) is 23.3 Å². The molecule has 0 aromatic heterocycles. The van der Waals surface area contributed by atoms with Gasteiger partial charge in [-0.1, -0.05) is 6.92 Å². The summed E-state index contributed by atoms with van der Waals surface area (Å²) in [5.74, 6) is 1.35. The van der Waals surface area contributed by atoms with E-state index in [2.05, 4.69) is 50.7 Å². The molecule has 74 valence electrons. The standard InChI is InChI=1S/C11H20N2/c1-6-10-8-13(10)11(9(3)4)12(5)7-2/h8H,6-7H2,1-5H3. The molecule has 0 N–H and O–H groups in total. The fraction of sp³-hybridized carbons (Fsp3) is 0.636. The van der Waals surface area contributed by atoms with Gasteiger partial charge in [0.15, 0.2) is 0 Å². The summed E-state index contributed by atoms with van der Waals surface area (Å²) in [4.78, 5) is 4.58. The van der Waals surface area contributed by atoms with Gasteiger partial charge in [0.05, 0.1) is 0 Å². The average Bonchev–Trinajstić information content (AvgIpc) is 2.83. The topological polar surface area (TPSA) is 6.25 Å². The normalized spacial score (nSPS) is 13.9. The van der Waals surface area contributed by atoms with Gasteiger partial charge in [0, 0.05) is 25.5 Å². The molecule has 1 aliphatic rings. The third-order valence-corrected chi connectivity index (χ3v) is 2.39. The van der Waals surface area contributed by atoms with Crippen LogP contribution in [0.25, 0.3) is 0 Å². The van der Waals surface area contributed by atoms with E-state index < -0.39 is 0 Å². The van der Waals surface area contributed by atoms with E-state index in [9.17, 15) is 0 Å². The molecule has 0 aromatic carbocycles. The van der Waals surface area contributed by atoms with Gasteiger partial charge in [0.25, 0.3) is 0 Å².